The molecule has 0 atom stereocenters. The van der Waals surface area contributed by atoms with E-state index in [4.69, 9.17) is 18.4 Å². The first-order chi connectivity index (χ1) is 12.2. The fourth-order valence-electron chi connectivity index (χ4n) is 1.20. The van der Waals surface area contributed by atoms with E-state index in [-0.39, 0.29) is 11.3 Å². The van der Waals surface area contributed by atoms with E-state index in [1.54, 1.807) is 0 Å². The lowest BCUT2D eigenvalue weighted by Crippen LogP contribution is -2.28. The van der Waals surface area contributed by atoms with Crippen LogP contribution in [0.3, 0.4) is 0 Å². The van der Waals surface area contributed by atoms with Gasteiger partial charge < -0.3 is 8.74 Å². The molecule has 158 valence electrons. The van der Waals surface area contributed by atoms with Gasteiger partial charge in [-0.05, 0) is 6.92 Å². The third kappa shape index (κ3) is 6.46. The Morgan fingerprint density at radius 1 is 1.07 bits per heavy atom. The molecule has 28 heavy (non-hydrogen) atoms. The van der Waals surface area contributed by atoms with Gasteiger partial charge in [0.25, 0.3) is 0 Å². The van der Waals surface area contributed by atoms with E-state index in [2.05, 4.69) is 9.16 Å². The van der Waals surface area contributed by atoms with Gasteiger partial charge in [0.15, 0.2) is 15.1 Å². The Labute approximate surface area is 151 Å². The maximum atomic E-state index is 12.2. The number of hydrogen-bond acceptors (Lipinski definition) is 9. The van der Waals surface area contributed by atoms with E-state index in [0.29, 0.717) is 6.07 Å². The van der Waals surface area contributed by atoms with Gasteiger partial charge in [0, 0.05) is 11.6 Å². The van der Waals surface area contributed by atoms with Crippen LogP contribution in [-0.2, 0) is 20.2 Å². The smallest absolute Gasteiger partial charge is 0.534 e. The number of halogens is 6. The number of nitro groups is 1. The number of diazo groups is 1. The Morgan fingerprint density at radius 3 is 1.79 bits per heavy atom. The fraction of sp³-hybridized carbons (Fsp3) is 0.333. The molecule has 1 rings (SSSR count). The lowest BCUT2D eigenvalue weighted by molar-refractivity contribution is -0.385. The molecule has 0 amide bonds. The third-order valence-corrected chi connectivity index (χ3v) is 3.83. The van der Waals surface area contributed by atoms with Crippen LogP contribution in [0.4, 0.5) is 37.7 Å². The molecule has 0 spiro atoms. The number of hydrogen-bond donors (Lipinski definition) is 0. The van der Waals surface area contributed by atoms with Crippen LogP contribution in [0.15, 0.2) is 12.1 Å². The monoisotopic (exact) mass is 461 g/mol. The van der Waals surface area contributed by atoms with E-state index >= 15 is 0 Å². The van der Waals surface area contributed by atoms with Crippen LogP contribution in [0, 0.1) is 22.4 Å². The minimum Gasteiger partial charge on any atom is -0.741 e. The molecule has 0 aliphatic carbocycles. The summed E-state index contributed by atoms with van der Waals surface area (Å²) in [5.41, 5.74) is -13.1. The predicted octanol–water partition coefficient (Wildman–Crippen LogP) is 2.67. The first-order valence-corrected chi connectivity index (χ1v) is 8.73. The predicted molar refractivity (Wildman–Crippen MR) is 73.9 cm³/mol. The van der Waals surface area contributed by atoms with Gasteiger partial charge in [-0.25, -0.2) is 8.42 Å². The summed E-state index contributed by atoms with van der Waals surface area (Å²) < 4.78 is 121. The lowest BCUT2D eigenvalue weighted by atomic mass is 10.2. The minimum absolute atomic E-state index is 0.320. The Bertz CT molecular complexity index is 1010. The van der Waals surface area contributed by atoms with Crippen molar-refractivity contribution in [3.63, 3.8) is 0 Å². The molecule has 0 bridgehead atoms. The van der Waals surface area contributed by atoms with Crippen LogP contribution >= 0.6 is 0 Å². The van der Waals surface area contributed by atoms with Crippen LogP contribution in [0.25, 0.3) is 4.98 Å². The Kier molecular flexibility index (Phi) is 7.32. The Hall–Kier alpha value is -2.72. The minimum atomic E-state index is -6.09. The number of nitrogens with zero attached hydrogens (tertiary/aromatic N) is 3. The molecule has 0 fully saturated rings. The first kappa shape index (κ1) is 25.3. The average Bonchev–Trinajstić information content (AvgIpc) is 2.46. The topological polar surface area (TPSA) is 172 Å². The summed E-state index contributed by atoms with van der Waals surface area (Å²) in [6.45, 7) is 1.06. The molecule has 0 aliphatic rings. The molecule has 0 radical (unpaired) electrons. The molecule has 0 unspecified atom stereocenters. The van der Waals surface area contributed by atoms with Crippen molar-refractivity contribution in [2.75, 3.05) is 0 Å². The van der Waals surface area contributed by atoms with Gasteiger partial charge in [-0.3, -0.25) is 10.1 Å². The number of nitro benzene ring substituents is 1. The van der Waals surface area contributed by atoms with E-state index in [1.165, 1.54) is 0 Å². The van der Waals surface area contributed by atoms with Crippen molar-refractivity contribution in [1.29, 1.82) is 5.39 Å². The molecule has 1 aromatic rings. The van der Waals surface area contributed by atoms with Gasteiger partial charge in [-0.2, -0.15) is 34.8 Å². The quantitative estimate of drug-likeness (QED) is 0.125. The summed E-state index contributed by atoms with van der Waals surface area (Å²) in [7, 11) is -12.1. The third-order valence-electron chi connectivity index (χ3n) is 2.31. The molecule has 19 heteroatoms. The van der Waals surface area contributed by atoms with Crippen molar-refractivity contribution in [3.8, 4) is 5.75 Å². The van der Waals surface area contributed by atoms with Crippen molar-refractivity contribution in [2.45, 2.75) is 17.9 Å². The van der Waals surface area contributed by atoms with Gasteiger partial charge in [-0.1, -0.05) is 0 Å². The summed E-state index contributed by atoms with van der Waals surface area (Å²) >= 11 is 0. The molecule has 0 aromatic heterocycles. The maximum absolute atomic E-state index is 12.2. The number of rotatable bonds is 3. The van der Waals surface area contributed by atoms with Crippen molar-refractivity contribution in [1.82, 2.24) is 0 Å². The molecule has 0 saturated heterocycles. The van der Waals surface area contributed by atoms with Gasteiger partial charge in [0.05, 0.1) is 4.92 Å². The Morgan fingerprint density at radius 2 is 1.50 bits per heavy atom. The van der Waals surface area contributed by atoms with Gasteiger partial charge in [-0.15, -0.1) is 0 Å². The number of benzene rings is 1. The molecular formula is C9H5F6N3O8S2. The highest BCUT2D eigenvalue weighted by Crippen LogP contribution is 2.38. The normalized spacial score (nSPS) is 12.4. The number of aryl methyl sites for hydroxylation is 1. The van der Waals surface area contributed by atoms with Crippen LogP contribution < -0.4 is 4.18 Å². The van der Waals surface area contributed by atoms with Crippen LogP contribution in [0.2, 0.25) is 0 Å². The molecular weight excluding hydrogens is 456 g/mol. The second-order valence-electron chi connectivity index (χ2n) is 4.35. The summed E-state index contributed by atoms with van der Waals surface area (Å²) in [4.78, 5) is 12.2. The van der Waals surface area contributed by atoms with E-state index in [1.807, 2.05) is 0 Å². The summed E-state index contributed by atoms with van der Waals surface area (Å²) in [6, 6.07) is 1.47. The van der Waals surface area contributed by atoms with Gasteiger partial charge in [0.2, 0.25) is 11.1 Å². The lowest BCUT2D eigenvalue weighted by Gasteiger charge is -2.10. The molecule has 1 aromatic carbocycles. The highest BCUT2D eigenvalue weighted by atomic mass is 32.2. The molecule has 0 aliphatic heterocycles. The van der Waals surface area contributed by atoms with Crippen molar-refractivity contribution >= 4 is 31.6 Å². The standard InChI is InChI=1S/C8H5F3N3O5S.CHF3O3S/c1-4-2-5(13-12)3-6(14(15)16)7(4)19-20(17,18)8(9,10)11;2-1(3,4)8(5,6)7/h2-3H,1H3;(H,5,6,7)/q+1;/p-1. The van der Waals surface area contributed by atoms with E-state index < -0.39 is 47.6 Å². The van der Waals surface area contributed by atoms with Crippen molar-refractivity contribution in [2.24, 2.45) is 0 Å². The average molecular weight is 461 g/mol. The first-order valence-electron chi connectivity index (χ1n) is 5.91. The van der Waals surface area contributed by atoms with Crippen molar-refractivity contribution < 1.29 is 56.8 Å². The largest absolute Gasteiger partial charge is 0.741 e. The fourth-order valence-corrected chi connectivity index (χ4v) is 1.73. The zero-order valence-corrected chi connectivity index (χ0v) is 14.5. The zero-order valence-electron chi connectivity index (χ0n) is 12.8. The highest BCUT2D eigenvalue weighted by molar-refractivity contribution is 7.88. The van der Waals surface area contributed by atoms with Gasteiger partial charge in [0.1, 0.15) is 6.07 Å². The van der Waals surface area contributed by atoms with Gasteiger partial charge >= 0.3 is 32.5 Å². The van der Waals surface area contributed by atoms with Crippen LogP contribution in [0.1, 0.15) is 5.56 Å². The van der Waals surface area contributed by atoms with E-state index in [0.717, 1.165) is 13.0 Å². The number of alkyl halides is 6. The molecule has 11 nitrogen and oxygen atoms in total. The maximum Gasteiger partial charge on any atom is 0.534 e. The molecule has 0 heterocycles. The Balaban J connectivity index is 0.000000769. The summed E-state index contributed by atoms with van der Waals surface area (Å²) in [6.07, 6.45) is 0. The molecule has 0 saturated carbocycles. The zero-order chi connectivity index (χ0) is 22.7. The molecule has 0 N–H and O–H groups in total. The van der Waals surface area contributed by atoms with Crippen LogP contribution in [0.5, 0.6) is 5.75 Å². The summed E-state index contributed by atoms with van der Waals surface area (Å²) in [5.74, 6) is -1.10. The van der Waals surface area contributed by atoms with E-state index in [9.17, 15) is 44.9 Å². The van der Waals surface area contributed by atoms with Crippen molar-refractivity contribution in [3.05, 3.63) is 32.8 Å². The highest BCUT2D eigenvalue weighted by Gasteiger charge is 2.49. The second kappa shape index (κ2) is 8.11. The SMILES string of the molecule is Cc1cc([N+]#N)cc([N+](=O)[O-])c1OS(=O)(=O)C(F)(F)F.O=S(=O)([O-])C(F)(F)F. The second-order valence-corrected chi connectivity index (χ2v) is 7.26. The van der Waals surface area contributed by atoms with Crippen LogP contribution in [-0.4, -0.2) is 37.3 Å². The summed E-state index contributed by atoms with van der Waals surface area (Å²) in [5, 5.41) is 19.2.